The highest BCUT2D eigenvalue weighted by atomic mass is 32.1. The second-order valence-electron chi connectivity index (χ2n) is 5.17. The van der Waals surface area contributed by atoms with Gasteiger partial charge in [0.1, 0.15) is 28.8 Å². The quantitative estimate of drug-likeness (QED) is 0.633. The predicted octanol–water partition coefficient (Wildman–Crippen LogP) is 1.10. The molecule has 2 N–H and O–H groups in total. The molecule has 1 amide bonds. The Kier molecular flexibility index (Phi) is 5.06. The number of fused-ring (bicyclic) bond motifs is 1. The van der Waals surface area contributed by atoms with Crippen molar-refractivity contribution in [1.29, 1.82) is 0 Å². The van der Waals surface area contributed by atoms with Gasteiger partial charge in [-0.3, -0.25) is 19.5 Å². The van der Waals surface area contributed by atoms with Gasteiger partial charge in [0.15, 0.2) is 0 Å². The lowest BCUT2D eigenvalue weighted by Gasteiger charge is -2.09. The Morgan fingerprint density at radius 1 is 1.38 bits per heavy atom. The number of aromatic nitrogens is 4. The highest BCUT2D eigenvalue weighted by Crippen LogP contribution is 2.21. The summed E-state index contributed by atoms with van der Waals surface area (Å²) in [6.07, 6.45) is 0. The molecule has 0 fully saturated rings. The van der Waals surface area contributed by atoms with Gasteiger partial charge in [-0.25, -0.2) is 9.78 Å². The van der Waals surface area contributed by atoms with Crippen LogP contribution in [0.15, 0.2) is 10.2 Å². The number of carbonyl (C=O) groups is 2. The number of rotatable bonds is 6. The van der Waals surface area contributed by atoms with Gasteiger partial charge in [-0.15, -0.1) is 21.5 Å². The van der Waals surface area contributed by atoms with Gasteiger partial charge in [0, 0.05) is 12.5 Å². The van der Waals surface area contributed by atoms with Crippen LogP contribution in [0.5, 0.6) is 0 Å². The molecule has 136 valence electrons. The van der Waals surface area contributed by atoms with Crippen LogP contribution in [0.4, 0.5) is 5.13 Å². The fourth-order valence-corrected chi connectivity index (χ4v) is 3.93. The maximum Gasteiger partial charge on any atom is 0.337 e. The lowest BCUT2D eigenvalue weighted by atomic mass is 10.2. The minimum absolute atomic E-state index is 0.000744. The zero-order chi connectivity index (χ0) is 18.8. The van der Waals surface area contributed by atoms with Gasteiger partial charge in [0.25, 0.3) is 5.56 Å². The highest BCUT2D eigenvalue weighted by Gasteiger charge is 2.19. The van der Waals surface area contributed by atoms with Gasteiger partial charge >= 0.3 is 5.97 Å². The number of aromatic carboxylic acids is 1. The number of thiophene rings is 1. The van der Waals surface area contributed by atoms with Crippen LogP contribution < -0.4 is 10.9 Å². The lowest BCUT2D eigenvalue weighted by molar-refractivity contribution is -0.116. The van der Waals surface area contributed by atoms with Crippen molar-refractivity contribution in [3.05, 3.63) is 32.1 Å². The summed E-state index contributed by atoms with van der Waals surface area (Å²) in [5.74, 6) is -1.40. The van der Waals surface area contributed by atoms with Gasteiger partial charge in [0.2, 0.25) is 11.0 Å². The number of nitrogens with one attached hydrogen (secondary N) is 1. The lowest BCUT2D eigenvalue weighted by Crippen LogP contribution is -2.30. The summed E-state index contributed by atoms with van der Waals surface area (Å²) in [6.45, 7) is 1.54. The minimum Gasteiger partial charge on any atom is -0.478 e. The van der Waals surface area contributed by atoms with Crippen molar-refractivity contribution < 1.29 is 19.4 Å². The molecule has 26 heavy (non-hydrogen) atoms. The first kappa shape index (κ1) is 18.1. The maximum absolute atomic E-state index is 12.7. The summed E-state index contributed by atoms with van der Waals surface area (Å²) in [6, 6.07) is 0. The van der Waals surface area contributed by atoms with Crippen molar-refractivity contribution in [1.82, 2.24) is 19.7 Å². The van der Waals surface area contributed by atoms with Crippen LogP contribution in [0, 0.1) is 6.92 Å². The number of ether oxygens (including phenoxy) is 1. The number of methoxy groups -OCH3 is 1. The van der Waals surface area contributed by atoms with E-state index in [1.54, 1.807) is 6.92 Å². The van der Waals surface area contributed by atoms with Crippen LogP contribution in [0.3, 0.4) is 0 Å². The smallest absolute Gasteiger partial charge is 0.337 e. The van der Waals surface area contributed by atoms with Gasteiger partial charge < -0.3 is 9.84 Å². The first-order valence-electron chi connectivity index (χ1n) is 7.23. The van der Waals surface area contributed by atoms with Crippen LogP contribution in [-0.4, -0.2) is 43.8 Å². The first-order valence-corrected chi connectivity index (χ1v) is 8.93. The van der Waals surface area contributed by atoms with Crippen LogP contribution >= 0.6 is 22.7 Å². The summed E-state index contributed by atoms with van der Waals surface area (Å²) < 4.78 is 6.06. The summed E-state index contributed by atoms with van der Waals surface area (Å²) in [5, 5.41) is 21.7. The van der Waals surface area contributed by atoms with Crippen molar-refractivity contribution in [2.75, 3.05) is 12.4 Å². The van der Waals surface area contributed by atoms with Gasteiger partial charge in [-0.1, -0.05) is 11.3 Å². The van der Waals surface area contributed by atoms with Crippen molar-refractivity contribution in [3.8, 4) is 0 Å². The summed E-state index contributed by atoms with van der Waals surface area (Å²) in [5.41, 5.74) is -0.691. The van der Waals surface area contributed by atoms with E-state index in [1.165, 1.54) is 12.5 Å². The van der Waals surface area contributed by atoms with Crippen molar-refractivity contribution in [2.45, 2.75) is 20.1 Å². The number of carboxylic acid groups (broad SMARTS) is 1. The molecule has 0 atom stereocenters. The van der Waals surface area contributed by atoms with Crippen molar-refractivity contribution in [2.24, 2.45) is 0 Å². The Labute approximate surface area is 154 Å². The number of hydrogen-bond donors (Lipinski definition) is 2. The Bertz CT molecular complexity index is 1050. The fourth-order valence-electron chi connectivity index (χ4n) is 2.26. The molecule has 3 aromatic heterocycles. The zero-order valence-corrected chi connectivity index (χ0v) is 15.3. The van der Waals surface area contributed by atoms with Crippen molar-refractivity contribution in [3.63, 3.8) is 0 Å². The highest BCUT2D eigenvalue weighted by molar-refractivity contribution is 7.17. The number of carboxylic acids is 1. The van der Waals surface area contributed by atoms with Crippen molar-refractivity contribution >= 4 is 49.9 Å². The van der Waals surface area contributed by atoms with Crippen LogP contribution in [0.25, 0.3) is 10.2 Å². The molecule has 3 rings (SSSR count). The standard InChI is InChI=1S/C14H13N5O5S2/c1-6-15-11-10(7(5-25-11)13(22)23)12(21)19(6)3-8(20)16-14-18-17-9(26-14)4-24-2/h5H,3-4H2,1-2H3,(H,22,23)(H,16,18,20). The third-order valence-electron chi connectivity index (χ3n) is 3.40. The zero-order valence-electron chi connectivity index (χ0n) is 13.7. The average Bonchev–Trinajstić information content (AvgIpc) is 3.18. The van der Waals surface area contributed by atoms with Gasteiger partial charge in [-0.05, 0) is 6.92 Å². The average molecular weight is 395 g/mol. The molecule has 12 heteroatoms. The van der Waals surface area contributed by atoms with E-state index in [0.29, 0.717) is 15.7 Å². The number of nitrogens with zero attached hydrogens (tertiary/aromatic N) is 4. The topological polar surface area (TPSA) is 136 Å². The molecule has 0 aliphatic carbocycles. The molecule has 0 aromatic carbocycles. The molecule has 3 aromatic rings. The number of anilines is 1. The third-order valence-corrected chi connectivity index (χ3v) is 5.08. The normalized spacial score (nSPS) is 11.0. The molecule has 3 heterocycles. The summed E-state index contributed by atoms with van der Waals surface area (Å²) in [7, 11) is 1.52. The van der Waals surface area contributed by atoms with E-state index in [9.17, 15) is 19.5 Å². The van der Waals surface area contributed by atoms with Crippen LogP contribution in [0.1, 0.15) is 21.2 Å². The molecule has 0 aliphatic rings. The maximum atomic E-state index is 12.7. The molecule has 0 radical (unpaired) electrons. The van der Waals surface area contributed by atoms with E-state index >= 15 is 0 Å². The van der Waals surface area contributed by atoms with E-state index in [4.69, 9.17) is 4.74 Å². The number of carbonyl (C=O) groups excluding carboxylic acids is 1. The Balaban J connectivity index is 1.87. The molecule has 0 saturated carbocycles. The van der Waals surface area contributed by atoms with E-state index in [1.807, 2.05) is 0 Å². The number of aryl methyl sites for hydroxylation is 1. The number of amides is 1. The van der Waals surface area contributed by atoms with E-state index in [2.05, 4.69) is 20.5 Å². The summed E-state index contributed by atoms with van der Waals surface area (Å²) in [4.78, 5) is 40.7. The van der Waals surface area contributed by atoms with Crippen LogP contribution in [0.2, 0.25) is 0 Å². The van der Waals surface area contributed by atoms with E-state index in [0.717, 1.165) is 27.2 Å². The molecular formula is C14H13N5O5S2. The SMILES string of the molecule is COCc1nnc(NC(=O)Cn2c(C)nc3scc(C(=O)O)c3c2=O)s1. The molecule has 0 saturated heterocycles. The molecule has 0 bridgehead atoms. The first-order chi connectivity index (χ1) is 12.4. The largest absolute Gasteiger partial charge is 0.478 e. The van der Waals surface area contributed by atoms with Gasteiger partial charge in [0.05, 0.1) is 10.9 Å². The Hall–Kier alpha value is -2.70. The monoisotopic (exact) mass is 395 g/mol. The number of hydrogen-bond acceptors (Lipinski definition) is 9. The fraction of sp³-hybridized carbons (Fsp3) is 0.286. The molecule has 0 aliphatic heterocycles. The predicted molar refractivity (Wildman–Crippen MR) is 94.8 cm³/mol. The summed E-state index contributed by atoms with van der Waals surface area (Å²) >= 11 is 2.23. The minimum atomic E-state index is -1.21. The molecular weight excluding hydrogens is 382 g/mol. The molecule has 10 nitrogen and oxygen atoms in total. The van der Waals surface area contributed by atoms with Crippen LogP contribution in [-0.2, 0) is 22.7 Å². The third kappa shape index (κ3) is 3.47. The van der Waals surface area contributed by atoms with E-state index < -0.39 is 17.4 Å². The van der Waals surface area contributed by atoms with E-state index in [-0.39, 0.29) is 29.2 Å². The Morgan fingerprint density at radius 2 is 2.15 bits per heavy atom. The molecule has 0 spiro atoms. The molecule has 0 unspecified atom stereocenters. The van der Waals surface area contributed by atoms with Gasteiger partial charge in [-0.2, -0.15) is 0 Å². The second kappa shape index (κ2) is 7.27. The second-order valence-corrected chi connectivity index (χ2v) is 7.09. The Morgan fingerprint density at radius 3 is 2.85 bits per heavy atom.